The minimum atomic E-state index is -2.38. The largest absolute Gasteiger partial charge is 0.316 e. The highest BCUT2D eigenvalue weighted by molar-refractivity contribution is 5.18. The summed E-state index contributed by atoms with van der Waals surface area (Å²) in [4.78, 5) is 0. The molecule has 1 nitrogen and oxygen atoms in total. The highest BCUT2D eigenvalue weighted by atomic mass is 19.3. The van der Waals surface area contributed by atoms with E-state index in [4.69, 9.17) is 0 Å². The van der Waals surface area contributed by atoms with Gasteiger partial charge in [-0.1, -0.05) is 6.92 Å². The number of alkyl halides is 2. The SMILES string of the molecule is C[C@@]12CNCC[C@@H]1C2(F)F. The Labute approximate surface area is 58.8 Å². The molecule has 0 aromatic carbocycles. The van der Waals surface area contributed by atoms with Crippen LogP contribution >= 0.6 is 0 Å². The summed E-state index contributed by atoms with van der Waals surface area (Å²) < 4.78 is 25.7. The first kappa shape index (κ1) is 6.53. The molecule has 3 heteroatoms. The van der Waals surface area contributed by atoms with E-state index in [1.165, 1.54) is 0 Å². The molecule has 1 aliphatic carbocycles. The third-order valence-corrected chi connectivity index (χ3v) is 2.99. The number of hydrogen-bond acceptors (Lipinski definition) is 1. The van der Waals surface area contributed by atoms with E-state index in [9.17, 15) is 8.78 Å². The molecule has 10 heavy (non-hydrogen) atoms. The third-order valence-electron chi connectivity index (χ3n) is 2.99. The summed E-state index contributed by atoms with van der Waals surface area (Å²) in [6.45, 7) is 2.92. The van der Waals surface area contributed by atoms with Gasteiger partial charge in [-0.2, -0.15) is 0 Å². The molecule has 2 rings (SSSR count). The van der Waals surface area contributed by atoms with Gasteiger partial charge in [-0.25, -0.2) is 8.78 Å². The van der Waals surface area contributed by atoms with Crippen LogP contribution in [0.3, 0.4) is 0 Å². The second-order valence-electron chi connectivity index (χ2n) is 3.56. The summed E-state index contributed by atoms with van der Waals surface area (Å²) in [5, 5.41) is 2.99. The van der Waals surface area contributed by atoms with Crippen LogP contribution in [0.15, 0.2) is 0 Å². The number of rotatable bonds is 0. The number of nitrogens with one attached hydrogen (secondary N) is 1. The van der Waals surface area contributed by atoms with E-state index in [2.05, 4.69) is 5.32 Å². The van der Waals surface area contributed by atoms with Crippen LogP contribution in [0.4, 0.5) is 8.78 Å². The Kier molecular flexibility index (Phi) is 0.994. The summed E-state index contributed by atoms with van der Waals surface area (Å²) in [6, 6.07) is 0. The second kappa shape index (κ2) is 1.52. The zero-order chi connectivity index (χ0) is 7.41. The van der Waals surface area contributed by atoms with Crippen LogP contribution in [-0.4, -0.2) is 19.0 Å². The maximum absolute atomic E-state index is 12.8. The predicted molar refractivity (Wildman–Crippen MR) is 34.0 cm³/mol. The normalized spacial score (nSPS) is 50.1. The summed E-state index contributed by atoms with van der Waals surface area (Å²) in [5.74, 6) is -2.71. The zero-order valence-electron chi connectivity index (χ0n) is 5.95. The van der Waals surface area contributed by atoms with Gasteiger partial charge in [0.1, 0.15) is 0 Å². The lowest BCUT2D eigenvalue weighted by Crippen LogP contribution is -2.30. The van der Waals surface area contributed by atoms with Gasteiger partial charge in [0.15, 0.2) is 0 Å². The zero-order valence-corrected chi connectivity index (χ0v) is 5.95. The molecule has 2 atom stereocenters. The Morgan fingerprint density at radius 3 is 2.60 bits per heavy atom. The van der Waals surface area contributed by atoms with Gasteiger partial charge in [0.25, 0.3) is 5.92 Å². The van der Waals surface area contributed by atoms with Crippen molar-refractivity contribution in [2.45, 2.75) is 19.3 Å². The monoisotopic (exact) mass is 147 g/mol. The number of fused-ring (bicyclic) bond motifs is 1. The van der Waals surface area contributed by atoms with Crippen molar-refractivity contribution in [1.29, 1.82) is 0 Å². The van der Waals surface area contributed by atoms with Gasteiger partial charge in [0.05, 0.1) is 5.41 Å². The quantitative estimate of drug-likeness (QED) is 0.543. The Morgan fingerprint density at radius 2 is 2.20 bits per heavy atom. The summed E-state index contributed by atoms with van der Waals surface area (Å²) in [6.07, 6.45) is 0.642. The topological polar surface area (TPSA) is 12.0 Å². The van der Waals surface area contributed by atoms with E-state index >= 15 is 0 Å². The molecule has 1 heterocycles. The van der Waals surface area contributed by atoms with Gasteiger partial charge in [-0.05, 0) is 13.0 Å². The van der Waals surface area contributed by atoms with Gasteiger partial charge >= 0.3 is 0 Å². The van der Waals surface area contributed by atoms with Crippen LogP contribution in [-0.2, 0) is 0 Å². The molecule has 1 saturated carbocycles. The minimum Gasteiger partial charge on any atom is -0.316 e. The Balaban J connectivity index is 2.20. The maximum Gasteiger partial charge on any atom is 0.258 e. The Bertz CT molecular complexity index is 169. The van der Waals surface area contributed by atoms with Gasteiger partial charge in [0, 0.05) is 12.5 Å². The standard InChI is InChI=1S/C7H11F2N/c1-6-4-10-3-2-5(6)7(6,8)9/h5,10H,2-4H2,1H3/t5-,6+/m0/s1. The fourth-order valence-electron chi connectivity index (χ4n) is 2.01. The Hall–Kier alpha value is -0.180. The van der Waals surface area contributed by atoms with Gasteiger partial charge in [-0.3, -0.25) is 0 Å². The lowest BCUT2D eigenvalue weighted by molar-refractivity contribution is 0.0653. The van der Waals surface area contributed by atoms with Crippen molar-refractivity contribution < 1.29 is 8.78 Å². The molecule has 1 N–H and O–H groups in total. The van der Waals surface area contributed by atoms with Crippen LogP contribution in [0.2, 0.25) is 0 Å². The van der Waals surface area contributed by atoms with Crippen molar-refractivity contribution in [3.63, 3.8) is 0 Å². The first-order valence-electron chi connectivity index (χ1n) is 3.67. The molecule has 2 fully saturated rings. The van der Waals surface area contributed by atoms with E-state index < -0.39 is 11.3 Å². The Morgan fingerprint density at radius 1 is 1.50 bits per heavy atom. The van der Waals surface area contributed by atoms with Gasteiger partial charge < -0.3 is 5.32 Å². The van der Waals surface area contributed by atoms with E-state index in [0.717, 1.165) is 6.54 Å². The van der Waals surface area contributed by atoms with Crippen LogP contribution in [0, 0.1) is 11.3 Å². The predicted octanol–water partition coefficient (Wildman–Crippen LogP) is 1.25. The van der Waals surface area contributed by atoms with Crippen LogP contribution in [0.5, 0.6) is 0 Å². The van der Waals surface area contributed by atoms with Crippen molar-refractivity contribution in [1.82, 2.24) is 5.32 Å². The minimum absolute atomic E-state index is 0.332. The fourth-order valence-corrected chi connectivity index (χ4v) is 2.01. The molecule has 0 aromatic heterocycles. The molecule has 1 saturated heterocycles. The number of piperidine rings is 1. The number of hydrogen-bond donors (Lipinski definition) is 1. The van der Waals surface area contributed by atoms with E-state index in [1.54, 1.807) is 6.92 Å². The second-order valence-corrected chi connectivity index (χ2v) is 3.56. The molecule has 2 aliphatic rings. The summed E-state index contributed by atoms with van der Waals surface area (Å²) in [7, 11) is 0. The molecule has 0 bridgehead atoms. The van der Waals surface area contributed by atoms with Crippen LogP contribution in [0.25, 0.3) is 0 Å². The molecule has 1 aliphatic heterocycles. The third kappa shape index (κ3) is 0.506. The van der Waals surface area contributed by atoms with E-state index in [1.807, 2.05) is 0 Å². The smallest absolute Gasteiger partial charge is 0.258 e. The molecule has 58 valence electrons. The lowest BCUT2D eigenvalue weighted by Gasteiger charge is -2.15. The summed E-state index contributed by atoms with van der Waals surface area (Å²) in [5.41, 5.74) is -0.703. The van der Waals surface area contributed by atoms with Crippen molar-refractivity contribution in [3.8, 4) is 0 Å². The molecule has 0 amide bonds. The molecule has 0 aromatic rings. The van der Waals surface area contributed by atoms with E-state index in [0.29, 0.717) is 13.0 Å². The van der Waals surface area contributed by atoms with Crippen molar-refractivity contribution >= 4 is 0 Å². The fraction of sp³-hybridized carbons (Fsp3) is 1.00. The maximum atomic E-state index is 12.8. The lowest BCUT2D eigenvalue weighted by atomic mass is 10.0. The molecule has 0 unspecified atom stereocenters. The molecular weight excluding hydrogens is 136 g/mol. The van der Waals surface area contributed by atoms with Gasteiger partial charge in [0.2, 0.25) is 0 Å². The molecule has 0 radical (unpaired) electrons. The molecular formula is C7H11F2N. The van der Waals surface area contributed by atoms with Crippen molar-refractivity contribution in [2.24, 2.45) is 11.3 Å². The first-order valence-corrected chi connectivity index (χ1v) is 3.67. The highest BCUT2D eigenvalue weighted by Gasteiger charge is 2.77. The van der Waals surface area contributed by atoms with Gasteiger partial charge in [-0.15, -0.1) is 0 Å². The van der Waals surface area contributed by atoms with Crippen LogP contribution in [0.1, 0.15) is 13.3 Å². The highest BCUT2D eigenvalue weighted by Crippen LogP contribution is 2.67. The van der Waals surface area contributed by atoms with Crippen molar-refractivity contribution in [2.75, 3.05) is 13.1 Å². The average molecular weight is 147 g/mol. The first-order chi connectivity index (χ1) is 4.59. The van der Waals surface area contributed by atoms with Crippen LogP contribution < -0.4 is 5.32 Å². The average Bonchev–Trinajstić information content (AvgIpc) is 2.30. The summed E-state index contributed by atoms with van der Waals surface area (Å²) >= 11 is 0. The van der Waals surface area contributed by atoms with E-state index in [-0.39, 0.29) is 5.92 Å². The van der Waals surface area contributed by atoms with Crippen molar-refractivity contribution in [3.05, 3.63) is 0 Å². The molecule has 0 spiro atoms. The number of halogens is 2.